The highest BCUT2D eigenvalue weighted by Crippen LogP contribution is 2.36. The number of benzene rings is 1. The minimum absolute atomic E-state index is 0.121. The Labute approximate surface area is 199 Å². The summed E-state index contributed by atoms with van der Waals surface area (Å²) in [6, 6.07) is 13.6. The summed E-state index contributed by atoms with van der Waals surface area (Å²) in [5, 5.41) is 7.65. The van der Waals surface area contributed by atoms with Gasteiger partial charge in [0.1, 0.15) is 5.82 Å². The van der Waals surface area contributed by atoms with E-state index < -0.39 is 0 Å². The lowest BCUT2D eigenvalue weighted by atomic mass is 9.91. The Kier molecular flexibility index (Phi) is 7.51. The molecule has 4 rings (SSSR count). The van der Waals surface area contributed by atoms with Crippen molar-refractivity contribution in [2.45, 2.75) is 32.1 Å². The molecule has 0 amide bonds. The summed E-state index contributed by atoms with van der Waals surface area (Å²) in [6.45, 7) is 2.84. The van der Waals surface area contributed by atoms with Crippen LogP contribution >= 0.6 is 0 Å². The molecule has 0 bridgehead atoms. The normalized spacial score (nSPS) is 12.9. The van der Waals surface area contributed by atoms with Gasteiger partial charge in [0.25, 0.3) is 0 Å². The van der Waals surface area contributed by atoms with Gasteiger partial charge in [0.15, 0.2) is 11.5 Å². The Hall–Kier alpha value is -3.75. The number of hydrogen-bond donors (Lipinski definition) is 1. The van der Waals surface area contributed by atoms with Gasteiger partial charge in [0, 0.05) is 38.2 Å². The minimum atomic E-state index is -0.242. The van der Waals surface area contributed by atoms with Crippen LogP contribution in [-0.4, -0.2) is 47.8 Å². The molecule has 0 fully saturated rings. The van der Waals surface area contributed by atoms with Crippen LogP contribution in [0.1, 0.15) is 36.2 Å². The number of ether oxygens (including phenoxy) is 4. The number of aryl methyl sites for hydroxylation is 1. The maximum atomic E-state index is 12.3. The highest BCUT2D eigenvalue weighted by molar-refractivity contribution is 5.70. The molecule has 9 nitrogen and oxygen atoms in total. The molecule has 0 radical (unpaired) electrons. The number of carbonyl (C=O) groups excluding carboxylic acids is 1. The topological polar surface area (TPSA) is 96.7 Å². The average Bonchev–Trinajstić information content (AvgIpc) is 3.44. The molecule has 1 aliphatic heterocycles. The summed E-state index contributed by atoms with van der Waals surface area (Å²) < 4.78 is 23.8. The first-order valence-corrected chi connectivity index (χ1v) is 11.4. The first kappa shape index (κ1) is 23.4. The maximum Gasteiger partial charge on any atom is 0.306 e. The molecule has 1 aromatic carbocycles. The molecule has 9 heteroatoms. The van der Waals surface area contributed by atoms with E-state index in [1.807, 2.05) is 56.6 Å². The van der Waals surface area contributed by atoms with Gasteiger partial charge in [-0.2, -0.15) is 5.10 Å². The fraction of sp³-hybridized carbons (Fsp3) is 0.400. The zero-order valence-corrected chi connectivity index (χ0v) is 19.7. The van der Waals surface area contributed by atoms with Crippen molar-refractivity contribution in [3.8, 4) is 17.4 Å². The quantitative estimate of drug-likeness (QED) is 0.429. The Balaban J connectivity index is 1.43. The Bertz CT molecular complexity index is 1130. The lowest BCUT2D eigenvalue weighted by Gasteiger charge is -2.16. The lowest BCUT2D eigenvalue weighted by Crippen LogP contribution is -2.13. The third-order valence-corrected chi connectivity index (χ3v) is 5.60. The van der Waals surface area contributed by atoms with Gasteiger partial charge in [-0.05, 0) is 43.2 Å². The fourth-order valence-electron chi connectivity index (χ4n) is 3.91. The monoisotopic (exact) mass is 466 g/mol. The third-order valence-electron chi connectivity index (χ3n) is 5.60. The Morgan fingerprint density at radius 1 is 1.18 bits per heavy atom. The number of pyridine rings is 1. The molecule has 1 atom stereocenters. The second-order valence-corrected chi connectivity index (χ2v) is 7.98. The molecule has 0 saturated heterocycles. The number of aromatic nitrogens is 3. The molecule has 0 saturated carbocycles. The van der Waals surface area contributed by atoms with Crippen molar-refractivity contribution in [1.82, 2.24) is 14.8 Å². The van der Waals surface area contributed by atoms with Crippen molar-refractivity contribution in [3.05, 3.63) is 59.4 Å². The van der Waals surface area contributed by atoms with E-state index in [0.717, 1.165) is 22.8 Å². The fourth-order valence-corrected chi connectivity index (χ4v) is 3.91. The molecule has 1 N–H and O–H groups in total. The maximum absolute atomic E-state index is 12.3. The van der Waals surface area contributed by atoms with Crippen LogP contribution in [0.5, 0.6) is 17.4 Å². The standard InChI is InChI=1S/C25H30N4O5/c1-4-31-25(30)14-18(17-8-9-21-22(13-17)34-16-33-21)12-20-15-24(29(3)28-20)32-11-10-19-6-5-7-23(26-2)27-19/h5-9,13,15,18H,4,10-12,14,16H2,1-3H3,(H,26,27). The van der Waals surface area contributed by atoms with E-state index in [1.165, 1.54) is 0 Å². The van der Waals surface area contributed by atoms with Crippen LogP contribution in [0.25, 0.3) is 0 Å². The van der Waals surface area contributed by atoms with Crippen LogP contribution < -0.4 is 19.5 Å². The van der Waals surface area contributed by atoms with Crippen LogP contribution in [-0.2, 0) is 29.4 Å². The number of anilines is 1. The van der Waals surface area contributed by atoms with Crippen molar-refractivity contribution in [1.29, 1.82) is 0 Å². The Morgan fingerprint density at radius 2 is 2.03 bits per heavy atom. The summed E-state index contributed by atoms with van der Waals surface area (Å²) >= 11 is 0. The molecule has 34 heavy (non-hydrogen) atoms. The average molecular weight is 467 g/mol. The van der Waals surface area contributed by atoms with Crippen LogP contribution in [0, 0.1) is 0 Å². The van der Waals surface area contributed by atoms with Gasteiger partial charge in [0.05, 0.1) is 25.3 Å². The molecule has 180 valence electrons. The number of fused-ring (bicyclic) bond motifs is 1. The third kappa shape index (κ3) is 5.78. The molecule has 0 aliphatic carbocycles. The van der Waals surface area contributed by atoms with Gasteiger partial charge in [-0.3, -0.25) is 4.79 Å². The number of carbonyl (C=O) groups is 1. The number of hydrogen-bond acceptors (Lipinski definition) is 8. The van der Waals surface area contributed by atoms with Gasteiger partial charge in [-0.1, -0.05) is 12.1 Å². The van der Waals surface area contributed by atoms with Crippen molar-refractivity contribution in [3.63, 3.8) is 0 Å². The molecule has 3 heterocycles. The van der Waals surface area contributed by atoms with Crippen LogP contribution in [0.4, 0.5) is 5.82 Å². The van der Waals surface area contributed by atoms with Gasteiger partial charge < -0.3 is 24.3 Å². The zero-order chi connectivity index (χ0) is 23.9. The van der Waals surface area contributed by atoms with Crippen LogP contribution in [0.15, 0.2) is 42.5 Å². The molecule has 2 aromatic heterocycles. The lowest BCUT2D eigenvalue weighted by molar-refractivity contribution is -0.143. The van der Waals surface area contributed by atoms with Gasteiger partial charge in [-0.25, -0.2) is 9.67 Å². The minimum Gasteiger partial charge on any atom is -0.477 e. The second kappa shape index (κ2) is 10.9. The first-order chi connectivity index (χ1) is 16.6. The zero-order valence-electron chi connectivity index (χ0n) is 19.7. The van der Waals surface area contributed by atoms with E-state index in [9.17, 15) is 4.79 Å². The van der Waals surface area contributed by atoms with Gasteiger partial charge in [0.2, 0.25) is 12.7 Å². The SMILES string of the molecule is CCOC(=O)CC(Cc1cc(OCCc2cccc(NC)n2)n(C)n1)c1ccc2c(c1)OCO2. The second-order valence-electron chi connectivity index (χ2n) is 7.98. The molecular weight excluding hydrogens is 436 g/mol. The summed E-state index contributed by atoms with van der Waals surface area (Å²) in [7, 11) is 3.69. The smallest absolute Gasteiger partial charge is 0.306 e. The Morgan fingerprint density at radius 3 is 2.85 bits per heavy atom. The first-order valence-electron chi connectivity index (χ1n) is 11.4. The van der Waals surface area contributed by atoms with Crippen molar-refractivity contribution in [2.75, 3.05) is 32.4 Å². The van der Waals surface area contributed by atoms with Crippen molar-refractivity contribution in [2.24, 2.45) is 7.05 Å². The summed E-state index contributed by atoms with van der Waals surface area (Å²) in [6.07, 6.45) is 1.48. The predicted octanol–water partition coefficient (Wildman–Crippen LogP) is 3.49. The van der Waals surface area contributed by atoms with E-state index in [4.69, 9.17) is 18.9 Å². The number of nitrogens with zero attached hydrogens (tertiary/aromatic N) is 3. The van der Waals surface area contributed by atoms with Crippen molar-refractivity contribution < 1.29 is 23.7 Å². The molecule has 0 spiro atoms. The van der Waals surface area contributed by atoms with E-state index in [2.05, 4.69) is 15.4 Å². The van der Waals surface area contributed by atoms with Gasteiger partial charge >= 0.3 is 5.97 Å². The molecule has 3 aromatic rings. The molecular formula is C25H30N4O5. The van der Waals surface area contributed by atoms with E-state index in [1.54, 1.807) is 11.6 Å². The van der Waals surface area contributed by atoms with E-state index in [-0.39, 0.29) is 25.1 Å². The number of nitrogens with one attached hydrogen (secondary N) is 1. The van der Waals surface area contributed by atoms with Crippen LogP contribution in [0.3, 0.4) is 0 Å². The number of rotatable bonds is 11. The number of esters is 1. The summed E-state index contributed by atoms with van der Waals surface area (Å²) in [5.74, 6) is 2.53. The van der Waals surface area contributed by atoms with E-state index in [0.29, 0.717) is 43.4 Å². The van der Waals surface area contributed by atoms with Crippen LogP contribution in [0.2, 0.25) is 0 Å². The highest BCUT2D eigenvalue weighted by atomic mass is 16.7. The highest BCUT2D eigenvalue weighted by Gasteiger charge is 2.23. The molecule has 1 unspecified atom stereocenters. The summed E-state index contributed by atoms with van der Waals surface area (Å²) in [5.41, 5.74) is 2.76. The largest absolute Gasteiger partial charge is 0.477 e. The predicted molar refractivity (Wildman–Crippen MR) is 126 cm³/mol. The van der Waals surface area contributed by atoms with E-state index >= 15 is 0 Å². The molecule has 1 aliphatic rings. The summed E-state index contributed by atoms with van der Waals surface area (Å²) in [4.78, 5) is 16.8. The van der Waals surface area contributed by atoms with Gasteiger partial charge in [-0.15, -0.1) is 0 Å². The van der Waals surface area contributed by atoms with Crippen molar-refractivity contribution >= 4 is 11.8 Å².